The summed E-state index contributed by atoms with van der Waals surface area (Å²) in [5.74, 6) is 0.200. The van der Waals surface area contributed by atoms with E-state index in [0.717, 1.165) is 11.3 Å². The third-order valence-electron chi connectivity index (χ3n) is 4.17. The van der Waals surface area contributed by atoms with Crippen LogP contribution < -0.4 is 15.4 Å². The quantitative estimate of drug-likeness (QED) is 0.732. The molecule has 2 aromatic carbocycles. The van der Waals surface area contributed by atoms with Crippen molar-refractivity contribution in [1.29, 1.82) is 0 Å². The molecule has 0 saturated heterocycles. The van der Waals surface area contributed by atoms with E-state index in [1.807, 2.05) is 35.7 Å². The lowest BCUT2D eigenvalue weighted by molar-refractivity contribution is -0.117. The molecule has 1 aliphatic heterocycles. The Morgan fingerprint density at radius 2 is 1.65 bits per heavy atom. The fourth-order valence-corrected chi connectivity index (χ4v) is 3.47. The van der Waals surface area contributed by atoms with Gasteiger partial charge in [0.15, 0.2) is 0 Å². The molecule has 0 aliphatic carbocycles. The van der Waals surface area contributed by atoms with Gasteiger partial charge in [0.1, 0.15) is 18.3 Å². The first-order valence-electron chi connectivity index (χ1n) is 8.18. The number of nitrogens with one attached hydrogen (secondary N) is 2. The molecule has 1 atom stereocenters. The number of carbonyl (C=O) groups is 2. The third-order valence-corrected chi connectivity index (χ3v) is 5.04. The summed E-state index contributed by atoms with van der Waals surface area (Å²) in [7, 11) is 0. The van der Waals surface area contributed by atoms with Gasteiger partial charge in [-0.25, -0.2) is 0 Å². The monoisotopic (exact) mass is 364 g/mol. The molecule has 4 rings (SSSR count). The molecule has 6 heteroatoms. The standard InChI is InChI=1S/C20H16N2O3S/c23-19(16-12-25-17-5-2-1-4-15(16)17)21-13-7-9-14(10-8-13)22-20(24)18-6-3-11-26-18/h1-11,16H,12H2,(H,21,23)(H,22,24). The highest BCUT2D eigenvalue weighted by atomic mass is 32.1. The predicted octanol–water partition coefficient (Wildman–Crippen LogP) is 4.12. The Kier molecular flexibility index (Phi) is 4.41. The summed E-state index contributed by atoms with van der Waals surface area (Å²) >= 11 is 1.39. The van der Waals surface area contributed by atoms with Crippen LogP contribution in [-0.4, -0.2) is 18.4 Å². The van der Waals surface area contributed by atoms with Crippen LogP contribution in [0.25, 0.3) is 0 Å². The van der Waals surface area contributed by atoms with Gasteiger partial charge in [0.05, 0.1) is 4.88 Å². The molecule has 1 aliphatic rings. The topological polar surface area (TPSA) is 67.4 Å². The molecule has 1 unspecified atom stereocenters. The Hall–Kier alpha value is -3.12. The zero-order valence-electron chi connectivity index (χ0n) is 13.8. The number of hydrogen-bond acceptors (Lipinski definition) is 4. The van der Waals surface area contributed by atoms with E-state index in [1.54, 1.807) is 30.3 Å². The Morgan fingerprint density at radius 1 is 0.923 bits per heavy atom. The van der Waals surface area contributed by atoms with Gasteiger partial charge in [-0.05, 0) is 41.8 Å². The molecule has 0 spiro atoms. The van der Waals surface area contributed by atoms with Crippen molar-refractivity contribution in [3.05, 3.63) is 76.5 Å². The lowest BCUT2D eigenvalue weighted by Gasteiger charge is -2.11. The number of thiophene rings is 1. The molecule has 26 heavy (non-hydrogen) atoms. The number of fused-ring (bicyclic) bond motifs is 1. The summed E-state index contributed by atoms with van der Waals surface area (Å²) < 4.78 is 5.56. The van der Waals surface area contributed by atoms with Gasteiger partial charge in [0, 0.05) is 16.9 Å². The van der Waals surface area contributed by atoms with Crippen molar-refractivity contribution in [2.75, 3.05) is 17.2 Å². The van der Waals surface area contributed by atoms with Crippen LogP contribution in [0, 0.1) is 0 Å². The summed E-state index contributed by atoms with van der Waals surface area (Å²) in [6.07, 6.45) is 0. The van der Waals surface area contributed by atoms with Crippen LogP contribution in [0.3, 0.4) is 0 Å². The molecule has 0 radical (unpaired) electrons. The van der Waals surface area contributed by atoms with Crippen LogP contribution in [0.1, 0.15) is 21.2 Å². The molecule has 5 nitrogen and oxygen atoms in total. The van der Waals surface area contributed by atoms with Crippen molar-refractivity contribution in [3.8, 4) is 5.75 Å². The second-order valence-corrected chi connectivity index (χ2v) is 6.85. The molecular formula is C20H16N2O3S. The second kappa shape index (κ2) is 7.01. The van der Waals surface area contributed by atoms with Gasteiger partial charge in [0.25, 0.3) is 5.91 Å². The zero-order valence-corrected chi connectivity index (χ0v) is 14.6. The first-order chi connectivity index (χ1) is 12.7. The first kappa shape index (κ1) is 16.4. The van der Waals surface area contributed by atoms with Crippen molar-refractivity contribution < 1.29 is 14.3 Å². The van der Waals surface area contributed by atoms with Crippen molar-refractivity contribution in [2.24, 2.45) is 0 Å². The van der Waals surface area contributed by atoms with Crippen LogP contribution in [0.4, 0.5) is 11.4 Å². The van der Waals surface area contributed by atoms with E-state index < -0.39 is 0 Å². The van der Waals surface area contributed by atoms with E-state index >= 15 is 0 Å². The van der Waals surface area contributed by atoms with E-state index in [9.17, 15) is 9.59 Å². The SMILES string of the molecule is O=C(Nc1ccc(NC(=O)C2COc3ccccc32)cc1)c1cccs1. The minimum atomic E-state index is -0.315. The molecule has 0 fully saturated rings. The van der Waals surface area contributed by atoms with Gasteiger partial charge in [-0.3, -0.25) is 9.59 Å². The minimum absolute atomic E-state index is 0.106. The third kappa shape index (κ3) is 3.32. The largest absolute Gasteiger partial charge is 0.492 e. The maximum atomic E-state index is 12.5. The number of para-hydroxylation sites is 1. The zero-order chi connectivity index (χ0) is 17.9. The molecular weight excluding hydrogens is 348 g/mol. The van der Waals surface area contributed by atoms with E-state index in [-0.39, 0.29) is 17.7 Å². The summed E-state index contributed by atoms with van der Waals surface area (Å²) in [6, 6.07) is 18.2. The molecule has 2 N–H and O–H groups in total. The number of anilines is 2. The van der Waals surface area contributed by atoms with Gasteiger partial charge in [-0.2, -0.15) is 0 Å². The highest BCUT2D eigenvalue weighted by Crippen LogP contribution is 2.34. The van der Waals surface area contributed by atoms with Crippen molar-refractivity contribution in [1.82, 2.24) is 0 Å². The first-order valence-corrected chi connectivity index (χ1v) is 9.06. The maximum Gasteiger partial charge on any atom is 0.265 e. The fraction of sp³-hybridized carbons (Fsp3) is 0.100. The summed E-state index contributed by atoms with van der Waals surface area (Å²) in [6.45, 7) is 0.347. The number of carbonyl (C=O) groups excluding carboxylic acids is 2. The second-order valence-electron chi connectivity index (χ2n) is 5.90. The maximum absolute atomic E-state index is 12.5. The number of amides is 2. The molecule has 2 heterocycles. The van der Waals surface area contributed by atoms with Crippen LogP contribution in [-0.2, 0) is 4.79 Å². The minimum Gasteiger partial charge on any atom is -0.492 e. The molecule has 3 aromatic rings. The number of ether oxygens (including phenoxy) is 1. The highest BCUT2D eigenvalue weighted by Gasteiger charge is 2.29. The molecule has 0 bridgehead atoms. The predicted molar refractivity (Wildman–Crippen MR) is 102 cm³/mol. The summed E-state index contributed by atoms with van der Waals surface area (Å²) in [5.41, 5.74) is 2.26. The van der Waals surface area contributed by atoms with Gasteiger partial charge in [-0.1, -0.05) is 24.3 Å². The number of benzene rings is 2. The van der Waals surface area contributed by atoms with Crippen LogP contribution in [0.15, 0.2) is 66.0 Å². The van der Waals surface area contributed by atoms with Gasteiger partial charge in [-0.15, -0.1) is 11.3 Å². The van der Waals surface area contributed by atoms with E-state index in [0.29, 0.717) is 22.9 Å². The lowest BCUT2D eigenvalue weighted by Crippen LogP contribution is -2.22. The van der Waals surface area contributed by atoms with Crippen molar-refractivity contribution in [2.45, 2.75) is 5.92 Å². The van der Waals surface area contributed by atoms with E-state index in [1.165, 1.54) is 11.3 Å². The Morgan fingerprint density at radius 3 is 2.38 bits per heavy atom. The van der Waals surface area contributed by atoms with Gasteiger partial charge >= 0.3 is 0 Å². The van der Waals surface area contributed by atoms with Gasteiger partial charge in [0.2, 0.25) is 5.91 Å². The van der Waals surface area contributed by atoms with Crippen LogP contribution >= 0.6 is 11.3 Å². The normalized spacial score (nSPS) is 15.0. The summed E-state index contributed by atoms with van der Waals surface area (Å²) in [5, 5.41) is 7.59. The molecule has 130 valence electrons. The Bertz CT molecular complexity index is 936. The molecule has 0 saturated carbocycles. The highest BCUT2D eigenvalue weighted by molar-refractivity contribution is 7.12. The smallest absolute Gasteiger partial charge is 0.265 e. The van der Waals surface area contributed by atoms with Crippen molar-refractivity contribution in [3.63, 3.8) is 0 Å². The fourth-order valence-electron chi connectivity index (χ4n) is 2.85. The van der Waals surface area contributed by atoms with Crippen molar-refractivity contribution >= 4 is 34.5 Å². The van der Waals surface area contributed by atoms with Crippen LogP contribution in [0.5, 0.6) is 5.75 Å². The van der Waals surface area contributed by atoms with E-state index in [2.05, 4.69) is 10.6 Å². The average Bonchev–Trinajstić information content (AvgIpc) is 3.33. The van der Waals surface area contributed by atoms with Crippen LogP contribution in [0.2, 0.25) is 0 Å². The average molecular weight is 364 g/mol. The summed E-state index contributed by atoms with van der Waals surface area (Å²) in [4.78, 5) is 25.2. The number of rotatable bonds is 4. The lowest BCUT2D eigenvalue weighted by atomic mass is 10.0. The Balaban J connectivity index is 1.40. The van der Waals surface area contributed by atoms with E-state index in [4.69, 9.17) is 4.74 Å². The van der Waals surface area contributed by atoms with Gasteiger partial charge < -0.3 is 15.4 Å². The number of hydrogen-bond donors (Lipinski definition) is 2. The molecule has 1 aromatic heterocycles. The molecule has 2 amide bonds. The Labute approximate surface area is 154 Å².